The smallest absolute Gasteiger partial charge is 0.276 e. The van der Waals surface area contributed by atoms with Gasteiger partial charge in [0.1, 0.15) is 0 Å². The maximum atomic E-state index is 12.9. The molecule has 0 saturated carbocycles. The molecule has 4 rings (SSSR count). The van der Waals surface area contributed by atoms with Gasteiger partial charge in [-0.25, -0.2) is 8.42 Å². The zero-order valence-electron chi connectivity index (χ0n) is 13.8. The lowest BCUT2D eigenvalue weighted by Crippen LogP contribution is -2.59. The van der Waals surface area contributed by atoms with Crippen LogP contribution in [0.4, 0.5) is 0 Å². The maximum Gasteiger partial charge on any atom is 0.276 e. The lowest BCUT2D eigenvalue weighted by molar-refractivity contribution is 0.0401. The van der Waals surface area contributed by atoms with Gasteiger partial charge < -0.3 is 9.42 Å². The summed E-state index contributed by atoms with van der Waals surface area (Å²) in [5.74, 6) is 0.364. The molecule has 3 heterocycles. The molecule has 0 bridgehead atoms. The Morgan fingerprint density at radius 3 is 2.64 bits per heavy atom. The molecule has 1 aromatic carbocycles. The molecule has 0 N–H and O–H groups in total. The Labute approximate surface area is 146 Å². The standard InChI is InChI=1S/C17H19N3O4S/c1-19-7-8-20(15-11-25(22,23)10-14(15)19)17(21)13-9-16(24-18-13)12-5-3-2-4-6-12/h2-6,9,14-15H,7-8,10-11H2,1H3. The average molecular weight is 361 g/mol. The van der Waals surface area contributed by atoms with Gasteiger partial charge >= 0.3 is 0 Å². The molecular weight excluding hydrogens is 342 g/mol. The summed E-state index contributed by atoms with van der Waals surface area (Å²) in [7, 11) is -1.22. The van der Waals surface area contributed by atoms with Crippen LogP contribution < -0.4 is 0 Å². The minimum absolute atomic E-state index is 0.0111. The topological polar surface area (TPSA) is 83.7 Å². The third-order valence-electron chi connectivity index (χ3n) is 5.00. The van der Waals surface area contributed by atoms with E-state index in [1.165, 1.54) is 0 Å². The van der Waals surface area contributed by atoms with Gasteiger partial charge in [0.05, 0.1) is 17.5 Å². The summed E-state index contributed by atoms with van der Waals surface area (Å²) in [6.07, 6.45) is 0. The monoisotopic (exact) mass is 361 g/mol. The summed E-state index contributed by atoms with van der Waals surface area (Å²) in [5.41, 5.74) is 1.06. The summed E-state index contributed by atoms with van der Waals surface area (Å²) < 4.78 is 29.4. The van der Waals surface area contributed by atoms with Crippen molar-refractivity contribution in [2.75, 3.05) is 31.6 Å². The van der Waals surface area contributed by atoms with Crippen LogP contribution in [0.2, 0.25) is 0 Å². The SMILES string of the molecule is CN1CCN(C(=O)c2cc(-c3ccccc3)on2)C2CS(=O)(=O)CC21. The molecule has 1 amide bonds. The van der Waals surface area contributed by atoms with Crippen molar-refractivity contribution < 1.29 is 17.7 Å². The van der Waals surface area contributed by atoms with Crippen LogP contribution in [0.3, 0.4) is 0 Å². The lowest BCUT2D eigenvalue weighted by atomic mass is 10.0. The third-order valence-corrected chi connectivity index (χ3v) is 6.70. The number of nitrogens with zero attached hydrogens (tertiary/aromatic N) is 3. The molecule has 0 aliphatic carbocycles. The van der Waals surface area contributed by atoms with E-state index in [2.05, 4.69) is 5.16 Å². The Balaban J connectivity index is 1.60. The maximum absolute atomic E-state index is 12.9. The predicted octanol–water partition coefficient (Wildman–Crippen LogP) is 0.895. The lowest BCUT2D eigenvalue weighted by Gasteiger charge is -2.41. The highest BCUT2D eigenvalue weighted by molar-refractivity contribution is 7.91. The quantitative estimate of drug-likeness (QED) is 0.790. The molecule has 2 saturated heterocycles. The number of likely N-dealkylation sites (N-methyl/N-ethyl adjacent to an activating group) is 1. The Morgan fingerprint density at radius 1 is 1.16 bits per heavy atom. The van der Waals surface area contributed by atoms with E-state index in [9.17, 15) is 13.2 Å². The van der Waals surface area contributed by atoms with E-state index in [4.69, 9.17) is 4.52 Å². The van der Waals surface area contributed by atoms with Crippen LogP contribution in [0.15, 0.2) is 40.9 Å². The van der Waals surface area contributed by atoms with Gasteiger partial charge in [0, 0.05) is 30.8 Å². The number of carbonyl (C=O) groups is 1. The molecule has 2 atom stereocenters. The molecule has 0 radical (unpaired) electrons. The Bertz CT molecular complexity index is 894. The minimum atomic E-state index is -3.13. The van der Waals surface area contributed by atoms with Crippen LogP contribution >= 0.6 is 0 Å². The fourth-order valence-electron chi connectivity index (χ4n) is 3.64. The molecule has 132 valence electrons. The Hall–Kier alpha value is -2.19. The number of benzene rings is 1. The average Bonchev–Trinajstić information content (AvgIpc) is 3.20. The summed E-state index contributed by atoms with van der Waals surface area (Å²) in [5, 5.41) is 3.91. The molecule has 2 aliphatic heterocycles. The molecule has 1 aromatic heterocycles. The highest BCUT2D eigenvalue weighted by Gasteiger charge is 2.47. The van der Waals surface area contributed by atoms with E-state index in [0.717, 1.165) is 5.56 Å². The van der Waals surface area contributed by atoms with E-state index in [-0.39, 0.29) is 35.2 Å². The Kier molecular flexibility index (Phi) is 3.88. The van der Waals surface area contributed by atoms with Crippen molar-refractivity contribution in [2.24, 2.45) is 0 Å². The van der Waals surface area contributed by atoms with Gasteiger partial charge in [-0.05, 0) is 7.05 Å². The predicted molar refractivity (Wildman–Crippen MR) is 91.8 cm³/mol. The van der Waals surface area contributed by atoms with Crippen LogP contribution in [-0.2, 0) is 9.84 Å². The van der Waals surface area contributed by atoms with Crippen molar-refractivity contribution in [1.82, 2.24) is 15.0 Å². The van der Waals surface area contributed by atoms with Crippen molar-refractivity contribution in [3.63, 3.8) is 0 Å². The number of piperazine rings is 1. The fourth-order valence-corrected chi connectivity index (χ4v) is 5.70. The molecular formula is C17H19N3O4S. The number of aromatic nitrogens is 1. The molecule has 0 spiro atoms. The minimum Gasteiger partial charge on any atom is -0.355 e. The zero-order valence-corrected chi connectivity index (χ0v) is 14.6. The van der Waals surface area contributed by atoms with Gasteiger partial charge in [-0.2, -0.15) is 0 Å². The number of fused-ring (bicyclic) bond motifs is 1. The van der Waals surface area contributed by atoms with Crippen LogP contribution in [0, 0.1) is 0 Å². The summed E-state index contributed by atoms with van der Waals surface area (Å²) in [6, 6.07) is 10.6. The number of hydrogen-bond donors (Lipinski definition) is 0. The van der Waals surface area contributed by atoms with Crippen LogP contribution in [0.1, 0.15) is 10.5 Å². The first-order valence-electron chi connectivity index (χ1n) is 8.18. The van der Waals surface area contributed by atoms with Gasteiger partial charge in [0.15, 0.2) is 21.3 Å². The van der Waals surface area contributed by atoms with Crippen molar-refractivity contribution >= 4 is 15.7 Å². The van der Waals surface area contributed by atoms with E-state index in [1.807, 2.05) is 42.3 Å². The van der Waals surface area contributed by atoms with Gasteiger partial charge in [-0.3, -0.25) is 9.69 Å². The first-order valence-corrected chi connectivity index (χ1v) is 10.0. The van der Waals surface area contributed by atoms with Crippen molar-refractivity contribution in [1.29, 1.82) is 0 Å². The van der Waals surface area contributed by atoms with Crippen molar-refractivity contribution in [2.45, 2.75) is 12.1 Å². The molecule has 2 unspecified atom stereocenters. The number of amides is 1. The summed E-state index contributed by atoms with van der Waals surface area (Å²) in [6.45, 7) is 1.13. The number of hydrogen-bond acceptors (Lipinski definition) is 6. The number of sulfone groups is 1. The molecule has 2 aromatic rings. The summed E-state index contributed by atoms with van der Waals surface area (Å²) >= 11 is 0. The Morgan fingerprint density at radius 2 is 1.88 bits per heavy atom. The van der Waals surface area contributed by atoms with Gasteiger partial charge in [-0.15, -0.1) is 0 Å². The van der Waals surface area contributed by atoms with Gasteiger partial charge in [-0.1, -0.05) is 35.5 Å². The van der Waals surface area contributed by atoms with Crippen LogP contribution in [0.5, 0.6) is 0 Å². The van der Waals surface area contributed by atoms with E-state index in [1.54, 1.807) is 11.0 Å². The second-order valence-electron chi connectivity index (χ2n) is 6.63. The first-order chi connectivity index (χ1) is 11.9. The van der Waals surface area contributed by atoms with Crippen molar-refractivity contribution in [3.8, 4) is 11.3 Å². The zero-order chi connectivity index (χ0) is 17.6. The second-order valence-corrected chi connectivity index (χ2v) is 8.79. The third kappa shape index (κ3) is 2.96. The largest absolute Gasteiger partial charge is 0.355 e. The van der Waals surface area contributed by atoms with Crippen LogP contribution in [-0.4, -0.2) is 73.0 Å². The van der Waals surface area contributed by atoms with Gasteiger partial charge in [0.25, 0.3) is 5.91 Å². The van der Waals surface area contributed by atoms with Crippen molar-refractivity contribution in [3.05, 3.63) is 42.1 Å². The second kappa shape index (κ2) is 5.96. The fraction of sp³-hybridized carbons (Fsp3) is 0.412. The van der Waals surface area contributed by atoms with E-state index < -0.39 is 9.84 Å². The molecule has 25 heavy (non-hydrogen) atoms. The van der Waals surface area contributed by atoms with Crippen LogP contribution in [0.25, 0.3) is 11.3 Å². The molecule has 2 aliphatic rings. The highest BCUT2D eigenvalue weighted by Crippen LogP contribution is 2.28. The first kappa shape index (κ1) is 16.3. The number of carbonyl (C=O) groups excluding carboxylic acids is 1. The molecule has 2 fully saturated rings. The highest BCUT2D eigenvalue weighted by atomic mass is 32.2. The number of rotatable bonds is 2. The summed E-state index contributed by atoms with van der Waals surface area (Å²) in [4.78, 5) is 16.6. The normalized spacial score (nSPS) is 25.7. The van der Waals surface area contributed by atoms with E-state index in [0.29, 0.717) is 18.8 Å². The van der Waals surface area contributed by atoms with E-state index >= 15 is 0 Å². The molecule has 8 heteroatoms. The molecule has 7 nitrogen and oxygen atoms in total. The van der Waals surface area contributed by atoms with Gasteiger partial charge in [0.2, 0.25) is 0 Å².